The summed E-state index contributed by atoms with van der Waals surface area (Å²) in [6.45, 7) is 9.10. The van der Waals surface area contributed by atoms with Crippen LogP contribution < -0.4 is 11.3 Å². The summed E-state index contributed by atoms with van der Waals surface area (Å²) in [7, 11) is 0. The van der Waals surface area contributed by atoms with Gasteiger partial charge in [0.25, 0.3) is 0 Å². The first-order valence-corrected chi connectivity index (χ1v) is 5.38. The maximum atomic E-state index is 11.2. The van der Waals surface area contributed by atoms with Gasteiger partial charge < -0.3 is 4.90 Å². The summed E-state index contributed by atoms with van der Waals surface area (Å²) in [5.74, 6) is 4.97. The number of hydrazine groups is 1. The molecule has 1 unspecified atom stereocenters. The van der Waals surface area contributed by atoms with Gasteiger partial charge >= 0.3 is 0 Å². The van der Waals surface area contributed by atoms with E-state index in [0.29, 0.717) is 0 Å². The van der Waals surface area contributed by atoms with Gasteiger partial charge in [-0.25, -0.2) is 5.84 Å². The lowest BCUT2D eigenvalue weighted by Gasteiger charge is -2.23. The van der Waals surface area contributed by atoms with Crippen molar-refractivity contribution in [3.8, 4) is 0 Å². The summed E-state index contributed by atoms with van der Waals surface area (Å²) in [6.07, 6.45) is 2.24. The Kier molecular flexibility index (Phi) is 7.42. The van der Waals surface area contributed by atoms with Gasteiger partial charge in [-0.15, -0.1) is 0 Å². The molecule has 0 heterocycles. The molecule has 1 atom stereocenters. The Bertz CT molecular complexity index is 155. The molecule has 1 amide bonds. The van der Waals surface area contributed by atoms with Gasteiger partial charge in [-0.1, -0.05) is 20.8 Å². The van der Waals surface area contributed by atoms with Gasteiger partial charge in [0.15, 0.2) is 0 Å². The van der Waals surface area contributed by atoms with E-state index in [1.165, 1.54) is 0 Å². The van der Waals surface area contributed by atoms with E-state index in [4.69, 9.17) is 5.84 Å². The minimum atomic E-state index is -0.0813. The van der Waals surface area contributed by atoms with Crippen molar-refractivity contribution in [2.45, 2.75) is 33.6 Å². The number of carbonyl (C=O) groups is 1. The van der Waals surface area contributed by atoms with Crippen LogP contribution in [0.4, 0.5) is 0 Å². The van der Waals surface area contributed by atoms with Crippen molar-refractivity contribution in [1.29, 1.82) is 0 Å². The minimum absolute atomic E-state index is 0.0295. The predicted molar refractivity (Wildman–Crippen MR) is 58.5 cm³/mol. The van der Waals surface area contributed by atoms with Crippen molar-refractivity contribution >= 4 is 5.91 Å². The molecule has 0 bridgehead atoms. The molecule has 4 nitrogen and oxygen atoms in total. The molecular formula is C10H23N3O. The van der Waals surface area contributed by atoms with Gasteiger partial charge in [0, 0.05) is 12.5 Å². The van der Waals surface area contributed by atoms with Crippen LogP contribution in [0.3, 0.4) is 0 Å². The molecule has 0 saturated heterocycles. The number of amides is 1. The fraction of sp³-hybridized carbons (Fsp3) is 0.900. The molecule has 0 aromatic heterocycles. The second-order valence-electron chi connectivity index (χ2n) is 3.71. The standard InChI is InChI=1S/C10H23N3O/c1-4-6-13(7-5-2)8-9(3)10(14)12-11/h9H,4-8,11H2,1-3H3,(H,12,14). The normalized spacial score (nSPS) is 12.9. The largest absolute Gasteiger partial charge is 0.303 e. The zero-order chi connectivity index (χ0) is 11.0. The van der Waals surface area contributed by atoms with Crippen molar-refractivity contribution in [3.63, 3.8) is 0 Å². The lowest BCUT2D eigenvalue weighted by atomic mass is 10.1. The van der Waals surface area contributed by atoms with Crippen LogP contribution in [0.1, 0.15) is 33.6 Å². The second-order valence-corrected chi connectivity index (χ2v) is 3.71. The number of carbonyl (C=O) groups excluding carboxylic acids is 1. The molecule has 0 rings (SSSR count). The van der Waals surface area contributed by atoms with Crippen LogP contribution in [0.15, 0.2) is 0 Å². The first-order chi connectivity index (χ1) is 6.65. The van der Waals surface area contributed by atoms with Gasteiger partial charge in [-0.3, -0.25) is 10.2 Å². The van der Waals surface area contributed by atoms with Crippen LogP contribution in [0, 0.1) is 5.92 Å². The maximum Gasteiger partial charge on any atom is 0.237 e. The Morgan fingerprint density at radius 2 is 1.86 bits per heavy atom. The molecule has 0 aromatic rings. The van der Waals surface area contributed by atoms with E-state index in [2.05, 4.69) is 24.2 Å². The molecule has 14 heavy (non-hydrogen) atoms. The van der Waals surface area contributed by atoms with Crippen LogP contribution in [0.2, 0.25) is 0 Å². The molecule has 0 aliphatic heterocycles. The van der Waals surface area contributed by atoms with Gasteiger partial charge in [0.1, 0.15) is 0 Å². The van der Waals surface area contributed by atoms with Gasteiger partial charge in [0.2, 0.25) is 5.91 Å². The first kappa shape index (κ1) is 13.4. The maximum absolute atomic E-state index is 11.2. The summed E-state index contributed by atoms with van der Waals surface area (Å²) in [5.41, 5.74) is 2.19. The third kappa shape index (κ3) is 5.19. The van der Waals surface area contributed by atoms with E-state index < -0.39 is 0 Å². The van der Waals surface area contributed by atoms with Crippen LogP contribution >= 0.6 is 0 Å². The molecule has 0 spiro atoms. The molecule has 84 valence electrons. The third-order valence-corrected chi connectivity index (χ3v) is 2.20. The molecule has 0 aliphatic carbocycles. The first-order valence-electron chi connectivity index (χ1n) is 5.38. The molecule has 0 aromatic carbocycles. The van der Waals surface area contributed by atoms with E-state index >= 15 is 0 Å². The van der Waals surface area contributed by atoms with Gasteiger partial charge in [0.05, 0.1) is 0 Å². The minimum Gasteiger partial charge on any atom is -0.303 e. The van der Waals surface area contributed by atoms with Crippen LogP contribution in [-0.4, -0.2) is 30.4 Å². The Labute approximate surface area is 86.8 Å². The zero-order valence-corrected chi connectivity index (χ0v) is 9.55. The van der Waals surface area contributed by atoms with E-state index in [1.807, 2.05) is 6.92 Å². The highest BCUT2D eigenvalue weighted by Crippen LogP contribution is 2.02. The Hall–Kier alpha value is -0.610. The molecular weight excluding hydrogens is 178 g/mol. The van der Waals surface area contributed by atoms with E-state index in [9.17, 15) is 4.79 Å². The van der Waals surface area contributed by atoms with Crippen molar-refractivity contribution < 1.29 is 4.79 Å². The molecule has 0 radical (unpaired) electrons. The summed E-state index contributed by atoms with van der Waals surface area (Å²) in [6, 6.07) is 0. The number of hydrogen-bond donors (Lipinski definition) is 2. The summed E-state index contributed by atoms with van der Waals surface area (Å²) >= 11 is 0. The van der Waals surface area contributed by atoms with Gasteiger partial charge in [-0.2, -0.15) is 0 Å². The number of rotatable bonds is 7. The smallest absolute Gasteiger partial charge is 0.237 e. The lowest BCUT2D eigenvalue weighted by Crippen LogP contribution is -2.41. The predicted octanol–water partition coefficient (Wildman–Crippen LogP) is 0.734. The van der Waals surface area contributed by atoms with Crippen molar-refractivity contribution in [2.75, 3.05) is 19.6 Å². The summed E-state index contributed by atoms with van der Waals surface area (Å²) < 4.78 is 0. The van der Waals surface area contributed by atoms with Crippen molar-refractivity contribution in [1.82, 2.24) is 10.3 Å². The van der Waals surface area contributed by atoms with E-state index in [0.717, 1.165) is 32.5 Å². The Morgan fingerprint density at radius 3 is 2.21 bits per heavy atom. The molecule has 0 fully saturated rings. The number of hydrogen-bond acceptors (Lipinski definition) is 3. The number of nitrogens with two attached hydrogens (primary N) is 1. The number of nitrogens with one attached hydrogen (secondary N) is 1. The van der Waals surface area contributed by atoms with Crippen molar-refractivity contribution in [2.24, 2.45) is 11.8 Å². The molecule has 3 N–H and O–H groups in total. The highest BCUT2D eigenvalue weighted by atomic mass is 16.2. The quantitative estimate of drug-likeness (QED) is 0.363. The average Bonchev–Trinajstić information content (AvgIpc) is 2.17. The summed E-state index contributed by atoms with van der Waals surface area (Å²) in [4.78, 5) is 13.5. The Balaban J connectivity index is 3.94. The van der Waals surface area contributed by atoms with Crippen LogP contribution in [-0.2, 0) is 4.79 Å². The van der Waals surface area contributed by atoms with E-state index in [-0.39, 0.29) is 11.8 Å². The fourth-order valence-electron chi connectivity index (χ4n) is 1.54. The SMILES string of the molecule is CCCN(CCC)CC(C)C(=O)NN. The number of nitrogens with zero attached hydrogens (tertiary/aromatic N) is 1. The Morgan fingerprint density at radius 1 is 1.36 bits per heavy atom. The fourth-order valence-corrected chi connectivity index (χ4v) is 1.54. The van der Waals surface area contributed by atoms with E-state index in [1.54, 1.807) is 0 Å². The molecule has 0 saturated carbocycles. The highest BCUT2D eigenvalue weighted by Gasteiger charge is 2.14. The van der Waals surface area contributed by atoms with Crippen LogP contribution in [0.5, 0.6) is 0 Å². The lowest BCUT2D eigenvalue weighted by molar-refractivity contribution is -0.125. The zero-order valence-electron chi connectivity index (χ0n) is 9.55. The summed E-state index contributed by atoms with van der Waals surface area (Å²) in [5, 5.41) is 0. The van der Waals surface area contributed by atoms with Gasteiger partial charge in [-0.05, 0) is 25.9 Å². The average molecular weight is 201 g/mol. The van der Waals surface area contributed by atoms with Crippen LogP contribution in [0.25, 0.3) is 0 Å². The van der Waals surface area contributed by atoms with Crippen molar-refractivity contribution in [3.05, 3.63) is 0 Å². The highest BCUT2D eigenvalue weighted by molar-refractivity contribution is 5.77. The molecule has 0 aliphatic rings. The monoisotopic (exact) mass is 201 g/mol. The second kappa shape index (κ2) is 7.76. The topological polar surface area (TPSA) is 58.4 Å². The third-order valence-electron chi connectivity index (χ3n) is 2.20. The molecule has 4 heteroatoms.